The molecule has 1 aromatic heterocycles. The van der Waals surface area contributed by atoms with Gasteiger partial charge in [-0.25, -0.2) is 9.48 Å². The van der Waals surface area contributed by atoms with E-state index in [0.717, 1.165) is 0 Å². The van der Waals surface area contributed by atoms with Gasteiger partial charge in [0.1, 0.15) is 12.1 Å². The summed E-state index contributed by atoms with van der Waals surface area (Å²) in [7, 11) is 0. The van der Waals surface area contributed by atoms with Gasteiger partial charge in [-0.1, -0.05) is 6.07 Å². The van der Waals surface area contributed by atoms with E-state index in [0.29, 0.717) is 11.4 Å². The average molecular weight is 220 g/mol. The van der Waals surface area contributed by atoms with Crippen molar-refractivity contribution in [2.45, 2.75) is 0 Å². The van der Waals surface area contributed by atoms with Crippen LogP contribution in [-0.4, -0.2) is 37.9 Å². The molecule has 0 bridgehead atoms. The van der Waals surface area contributed by atoms with Gasteiger partial charge in [0.05, 0.1) is 5.69 Å². The number of benzene rings is 1. The third-order valence-corrected chi connectivity index (χ3v) is 1.79. The number of aliphatic carboxylic acids is 1. The third-order valence-electron chi connectivity index (χ3n) is 1.79. The van der Waals surface area contributed by atoms with E-state index in [1.165, 1.54) is 11.0 Å². The van der Waals surface area contributed by atoms with Crippen molar-refractivity contribution >= 4 is 5.97 Å². The molecule has 0 saturated heterocycles. The molecule has 0 aliphatic carbocycles. The highest BCUT2D eigenvalue weighted by Crippen LogP contribution is 2.15. The smallest absolute Gasteiger partial charge is 0.341 e. The van der Waals surface area contributed by atoms with E-state index in [4.69, 9.17) is 9.84 Å². The van der Waals surface area contributed by atoms with Gasteiger partial charge in [-0.2, -0.15) is 0 Å². The van der Waals surface area contributed by atoms with Gasteiger partial charge in [0.15, 0.2) is 6.61 Å². The zero-order valence-corrected chi connectivity index (χ0v) is 8.15. The fourth-order valence-corrected chi connectivity index (χ4v) is 1.14. The Balaban J connectivity index is 2.17. The topological polar surface area (TPSA) is 90.1 Å². The van der Waals surface area contributed by atoms with E-state index < -0.39 is 5.97 Å². The molecule has 82 valence electrons. The van der Waals surface area contributed by atoms with E-state index in [9.17, 15) is 4.79 Å². The van der Waals surface area contributed by atoms with Crippen LogP contribution in [0.1, 0.15) is 0 Å². The SMILES string of the molecule is O=C(O)COc1cccc(-n2cnnn2)c1. The minimum Gasteiger partial charge on any atom is -0.482 e. The van der Waals surface area contributed by atoms with E-state index in [1.807, 2.05) is 0 Å². The first kappa shape index (κ1) is 10.1. The molecule has 0 saturated carbocycles. The molecule has 0 radical (unpaired) electrons. The zero-order chi connectivity index (χ0) is 11.4. The highest BCUT2D eigenvalue weighted by molar-refractivity contribution is 5.68. The highest BCUT2D eigenvalue weighted by atomic mass is 16.5. The lowest BCUT2D eigenvalue weighted by Crippen LogP contribution is -2.09. The summed E-state index contributed by atoms with van der Waals surface area (Å²) in [6.45, 7) is -0.376. The Kier molecular flexibility index (Phi) is 2.77. The fraction of sp³-hybridized carbons (Fsp3) is 0.111. The van der Waals surface area contributed by atoms with Crippen LogP contribution in [0.3, 0.4) is 0 Å². The van der Waals surface area contributed by atoms with E-state index in [2.05, 4.69) is 15.5 Å². The Hall–Kier alpha value is -2.44. The van der Waals surface area contributed by atoms with E-state index >= 15 is 0 Å². The van der Waals surface area contributed by atoms with Crippen LogP contribution >= 0.6 is 0 Å². The fourth-order valence-electron chi connectivity index (χ4n) is 1.14. The average Bonchev–Trinajstić information content (AvgIpc) is 2.80. The van der Waals surface area contributed by atoms with Gasteiger partial charge < -0.3 is 9.84 Å². The van der Waals surface area contributed by atoms with Crippen molar-refractivity contribution in [1.82, 2.24) is 20.2 Å². The largest absolute Gasteiger partial charge is 0.482 e. The molecule has 0 fully saturated rings. The van der Waals surface area contributed by atoms with E-state index in [-0.39, 0.29) is 6.61 Å². The Morgan fingerprint density at radius 1 is 1.50 bits per heavy atom. The molecule has 16 heavy (non-hydrogen) atoms. The maximum absolute atomic E-state index is 10.3. The molecule has 2 rings (SSSR count). The van der Waals surface area contributed by atoms with Gasteiger partial charge in [-0.3, -0.25) is 0 Å². The number of hydrogen-bond acceptors (Lipinski definition) is 5. The van der Waals surface area contributed by atoms with Crippen molar-refractivity contribution in [1.29, 1.82) is 0 Å². The Morgan fingerprint density at radius 3 is 3.06 bits per heavy atom. The number of hydrogen-bond donors (Lipinski definition) is 1. The number of carboxylic acid groups (broad SMARTS) is 1. The molecule has 1 heterocycles. The molecule has 0 atom stereocenters. The van der Waals surface area contributed by atoms with Crippen molar-refractivity contribution in [2.24, 2.45) is 0 Å². The number of rotatable bonds is 4. The molecule has 7 heteroatoms. The molecule has 0 aliphatic rings. The van der Waals surface area contributed by atoms with E-state index in [1.54, 1.807) is 24.3 Å². The minimum absolute atomic E-state index is 0.376. The predicted octanol–water partition coefficient (Wildman–Crippen LogP) is 0.126. The molecule has 0 aliphatic heterocycles. The quantitative estimate of drug-likeness (QED) is 0.787. The van der Waals surface area contributed by atoms with Crippen LogP contribution in [0.2, 0.25) is 0 Å². The molecular weight excluding hydrogens is 212 g/mol. The molecule has 1 N–H and O–H groups in total. The summed E-state index contributed by atoms with van der Waals surface area (Å²) in [5, 5.41) is 19.2. The summed E-state index contributed by atoms with van der Waals surface area (Å²) in [6.07, 6.45) is 1.44. The lowest BCUT2D eigenvalue weighted by atomic mass is 10.3. The number of nitrogens with zero attached hydrogens (tertiary/aromatic N) is 4. The van der Waals surface area contributed by atoms with Gasteiger partial charge in [0.25, 0.3) is 0 Å². The Bertz CT molecular complexity index is 483. The normalized spacial score (nSPS) is 10.0. The summed E-state index contributed by atoms with van der Waals surface area (Å²) in [6, 6.07) is 6.83. The lowest BCUT2D eigenvalue weighted by molar-refractivity contribution is -0.139. The van der Waals surface area contributed by atoms with Crippen LogP contribution < -0.4 is 4.74 Å². The highest BCUT2D eigenvalue weighted by Gasteiger charge is 2.02. The van der Waals surface area contributed by atoms with Gasteiger partial charge in [0, 0.05) is 6.07 Å². The number of carboxylic acids is 1. The Labute approximate surface area is 90.3 Å². The van der Waals surface area contributed by atoms with Crippen LogP contribution in [0.15, 0.2) is 30.6 Å². The van der Waals surface area contributed by atoms with Crippen LogP contribution in [0.25, 0.3) is 5.69 Å². The minimum atomic E-state index is -1.02. The summed E-state index contributed by atoms with van der Waals surface area (Å²) in [4.78, 5) is 10.3. The lowest BCUT2D eigenvalue weighted by Gasteiger charge is -2.04. The molecule has 0 amide bonds. The molecular formula is C9H8N4O3. The van der Waals surface area contributed by atoms with Crippen molar-refractivity contribution in [3.8, 4) is 11.4 Å². The first-order valence-corrected chi connectivity index (χ1v) is 4.44. The Morgan fingerprint density at radius 2 is 2.38 bits per heavy atom. The standard InChI is InChI=1S/C9H8N4O3/c14-9(15)5-16-8-3-1-2-7(4-8)13-6-10-11-12-13/h1-4,6H,5H2,(H,14,15). The predicted molar refractivity (Wildman–Crippen MR) is 52.3 cm³/mol. The number of tetrazole rings is 1. The molecule has 1 aromatic carbocycles. The van der Waals surface area contributed by atoms with Crippen molar-refractivity contribution in [2.75, 3.05) is 6.61 Å². The summed E-state index contributed by atoms with van der Waals surface area (Å²) >= 11 is 0. The summed E-state index contributed by atoms with van der Waals surface area (Å²) < 4.78 is 6.48. The first-order chi connectivity index (χ1) is 7.75. The van der Waals surface area contributed by atoms with Crippen LogP contribution in [-0.2, 0) is 4.79 Å². The third kappa shape index (κ3) is 2.32. The monoisotopic (exact) mass is 220 g/mol. The second-order valence-corrected chi connectivity index (χ2v) is 2.93. The van der Waals surface area contributed by atoms with Crippen molar-refractivity contribution in [3.63, 3.8) is 0 Å². The van der Waals surface area contributed by atoms with Crippen LogP contribution in [0, 0.1) is 0 Å². The van der Waals surface area contributed by atoms with Gasteiger partial charge >= 0.3 is 5.97 Å². The molecule has 0 spiro atoms. The zero-order valence-electron chi connectivity index (χ0n) is 8.15. The van der Waals surface area contributed by atoms with Crippen LogP contribution in [0.4, 0.5) is 0 Å². The van der Waals surface area contributed by atoms with Crippen molar-refractivity contribution < 1.29 is 14.6 Å². The molecule has 7 nitrogen and oxygen atoms in total. The second-order valence-electron chi connectivity index (χ2n) is 2.93. The van der Waals surface area contributed by atoms with Crippen LogP contribution in [0.5, 0.6) is 5.75 Å². The first-order valence-electron chi connectivity index (χ1n) is 4.44. The summed E-state index contributed by atoms with van der Waals surface area (Å²) in [5.74, 6) is -0.566. The summed E-state index contributed by atoms with van der Waals surface area (Å²) in [5.41, 5.74) is 0.702. The molecule has 0 unspecified atom stereocenters. The number of aromatic nitrogens is 4. The van der Waals surface area contributed by atoms with Gasteiger partial charge in [0.2, 0.25) is 0 Å². The second kappa shape index (κ2) is 4.39. The number of ether oxygens (including phenoxy) is 1. The van der Waals surface area contributed by atoms with Gasteiger partial charge in [-0.15, -0.1) is 5.10 Å². The maximum atomic E-state index is 10.3. The maximum Gasteiger partial charge on any atom is 0.341 e. The number of carbonyl (C=O) groups is 1. The molecule has 2 aromatic rings. The van der Waals surface area contributed by atoms with Gasteiger partial charge in [-0.05, 0) is 22.6 Å². The van der Waals surface area contributed by atoms with Crippen molar-refractivity contribution in [3.05, 3.63) is 30.6 Å².